The summed E-state index contributed by atoms with van der Waals surface area (Å²) in [6.07, 6.45) is 4.41. The van der Waals surface area contributed by atoms with Gasteiger partial charge in [-0.05, 0) is 48.8 Å². The monoisotopic (exact) mass is 305 g/mol. The van der Waals surface area contributed by atoms with E-state index in [1.54, 1.807) is 23.1 Å². The third-order valence-electron chi connectivity index (χ3n) is 3.34. The van der Waals surface area contributed by atoms with Gasteiger partial charge in [-0.15, -0.1) is 11.3 Å². The zero-order valence-corrected chi connectivity index (χ0v) is 12.5. The maximum atomic E-state index is 8.97. The van der Waals surface area contributed by atoms with Gasteiger partial charge in [-0.1, -0.05) is 23.0 Å². The van der Waals surface area contributed by atoms with Crippen LogP contribution in [-0.2, 0) is 12.8 Å². The van der Waals surface area contributed by atoms with Gasteiger partial charge < -0.3 is 10.9 Å². The molecule has 1 aliphatic rings. The molecule has 0 saturated carbocycles. The summed E-state index contributed by atoms with van der Waals surface area (Å²) in [6.45, 7) is 0. The molecule has 4 nitrogen and oxygen atoms in total. The third kappa shape index (κ3) is 2.66. The van der Waals surface area contributed by atoms with Crippen molar-refractivity contribution < 1.29 is 5.21 Å². The van der Waals surface area contributed by atoms with E-state index in [1.807, 2.05) is 23.6 Å². The van der Waals surface area contributed by atoms with Crippen LogP contribution in [0.1, 0.15) is 29.7 Å². The van der Waals surface area contributed by atoms with Crippen LogP contribution in [0.5, 0.6) is 0 Å². The van der Waals surface area contributed by atoms with Crippen molar-refractivity contribution in [1.29, 1.82) is 0 Å². The molecule has 0 saturated heterocycles. The average molecular weight is 305 g/mol. The molecule has 3 N–H and O–H groups in total. The molecule has 3 rings (SSSR count). The Labute approximate surface area is 125 Å². The van der Waals surface area contributed by atoms with Gasteiger partial charge in [-0.3, -0.25) is 0 Å². The molecule has 2 aromatic heterocycles. The minimum atomic E-state index is 0.130. The fraction of sp³-hybridized carbons (Fsp3) is 0.286. The first-order valence-electron chi connectivity index (χ1n) is 6.50. The summed E-state index contributed by atoms with van der Waals surface area (Å²) in [5.41, 5.74) is 8.92. The van der Waals surface area contributed by atoms with Gasteiger partial charge in [0, 0.05) is 5.69 Å². The van der Waals surface area contributed by atoms with Crippen molar-refractivity contribution in [1.82, 2.24) is 4.98 Å². The number of fused-ring (bicyclic) bond motifs is 1. The SMILES string of the molecule is NC(=NO)c1cc2c(nc1Sc1cccs1)CCCC2. The number of aromatic nitrogens is 1. The van der Waals surface area contributed by atoms with Gasteiger partial charge in [-0.25, -0.2) is 4.98 Å². The van der Waals surface area contributed by atoms with E-state index in [0.717, 1.165) is 33.3 Å². The molecule has 0 spiro atoms. The van der Waals surface area contributed by atoms with Gasteiger partial charge >= 0.3 is 0 Å². The van der Waals surface area contributed by atoms with E-state index in [0.29, 0.717) is 0 Å². The van der Waals surface area contributed by atoms with E-state index in [4.69, 9.17) is 15.9 Å². The Balaban J connectivity index is 2.05. The van der Waals surface area contributed by atoms with Crippen LogP contribution in [-0.4, -0.2) is 16.0 Å². The number of hydrogen-bond acceptors (Lipinski definition) is 5. The minimum Gasteiger partial charge on any atom is -0.409 e. The highest BCUT2D eigenvalue weighted by Crippen LogP contribution is 2.34. The molecule has 0 amide bonds. The summed E-state index contributed by atoms with van der Waals surface area (Å²) in [5, 5.41) is 15.0. The number of thiophene rings is 1. The summed E-state index contributed by atoms with van der Waals surface area (Å²) in [4.78, 5) is 4.75. The second-order valence-electron chi connectivity index (χ2n) is 4.67. The van der Waals surface area contributed by atoms with Crippen LogP contribution in [0.25, 0.3) is 0 Å². The van der Waals surface area contributed by atoms with E-state index < -0.39 is 0 Å². The minimum absolute atomic E-state index is 0.130. The van der Waals surface area contributed by atoms with Crippen molar-refractivity contribution in [3.63, 3.8) is 0 Å². The Morgan fingerprint density at radius 3 is 3.00 bits per heavy atom. The molecular weight excluding hydrogens is 290 g/mol. The number of rotatable bonds is 3. The lowest BCUT2D eigenvalue weighted by Gasteiger charge is -2.17. The fourth-order valence-electron chi connectivity index (χ4n) is 2.35. The summed E-state index contributed by atoms with van der Waals surface area (Å²) < 4.78 is 1.15. The summed E-state index contributed by atoms with van der Waals surface area (Å²) in [5.74, 6) is 0.130. The molecule has 6 heteroatoms. The molecular formula is C14H15N3OS2. The van der Waals surface area contributed by atoms with E-state index >= 15 is 0 Å². The lowest BCUT2D eigenvalue weighted by Crippen LogP contribution is -2.17. The van der Waals surface area contributed by atoms with Crippen LogP contribution in [0.3, 0.4) is 0 Å². The van der Waals surface area contributed by atoms with Crippen molar-refractivity contribution in [3.05, 3.63) is 40.4 Å². The number of hydrogen-bond donors (Lipinski definition) is 2. The maximum absolute atomic E-state index is 8.97. The van der Waals surface area contributed by atoms with Gasteiger partial charge in [0.05, 0.1) is 9.77 Å². The average Bonchev–Trinajstić information content (AvgIpc) is 2.98. The van der Waals surface area contributed by atoms with Crippen LogP contribution >= 0.6 is 23.1 Å². The van der Waals surface area contributed by atoms with Gasteiger partial charge in [0.25, 0.3) is 0 Å². The van der Waals surface area contributed by atoms with E-state index in [-0.39, 0.29) is 5.84 Å². The highest BCUT2D eigenvalue weighted by molar-refractivity contribution is 8.01. The number of pyridine rings is 1. The van der Waals surface area contributed by atoms with Gasteiger partial charge in [0.2, 0.25) is 0 Å². The number of oxime groups is 1. The smallest absolute Gasteiger partial charge is 0.172 e. The Morgan fingerprint density at radius 2 is 2.25 bits per heavy atom. The molecule has 2 aromatic rings. The maximum Gasteiger partial charge on any atom is 0.172 e. The lowest BCUT2D eigenvalue weighted by atomic mass is 9.95. The first-order chi connectivity index (χ1) is 9.78. The zero-order valence-electron chi connectivity index (χ0n) is 10.9. The molecule has 0 aromatic carbocycles. The number of aryl methyl sites for hydroxylation is 2. The highest BCUT2D eigenvalue weighted by atomic mass is 32.2. The number of nitrogens with zero attached hydrogens (tertiary/aromatic N) is 2. The quantitative estimate of drug-likeness (QED) is 0.395. The van der Waals surface area contributed by atoms with Gasteiger partial charge in [-0.2, -0.15) is 0 Å². The Morgan fingerprint density at radius 1 is 1.40 bits per heavy atom. The normalized spacial score (nSPS) is 15.1. The molecule has 20 heavy (non-hydrogen) atoms. The third-order valence-corrected chi connectivity index (χ3v) is 5.38. The Bertz CT molecular complexity index is 638. The lowest BCUT2D eigenvalue weighted by molar-refractivity contribution is 0.318. The predicted octanol–water partition coefficient (Wildman–Crippen LogP) is 3.27. The van der Waals surface area contributed by atoms with Crippen molar-refractivity contribution in [2.24, 2.45) is 10.9 Å². The number of nitrogens with two attached hydrogens (primary N) is 1. The van der Waals surface area contributed by atoms with Crippen molar-refractivity contribution in [2.45, 2.75) is 34.9 Å². The van der Waals surface area contributed by atoms with Crippen molar-refractivity contribution in [3.8, 4) is 0 Å². The van der Waals surface area contributed by atoms with E-state index in [9.17, 15) is 0 Å². The summed E-state index contributed by atoms with van der Waals surface area (Å²) >= 11 is 3.24. The fourth-order valence-corrected chi connectivity index (χ4v) is 4.16. The predicted molar refractivity (Wildman–Crippen MR) is 81.8 cm³/mol. The summed E-state index contributed by atoms with van der Waals surface area (Å²) in [7, 11) is 0. The van der Waals surface area contributed by atoms with Crippen LogP contribution in [0.15, 0.2) is 38.0 Å². The molecule has 0 fully saturated rings. The van der Waals surface area contributed by atoms with Crippen LogP contribution in [0.2, 0.25) is 0 Å². The molecule has 104 valence electrons. The molecule has 0 unspecified atom stereocenters. The Hall–Kier alpha value is -1.53. The second kappa shape index (κ2) is 5.85. The van der Waals surface area contributed by atoms with Gasteiger partial charge in [0.1, 0.15) is 5.03 Å². The van der Waals surface area contributed by atoms with Crippen LogP contribution in [0, 0.1) is 0 Å². The van der Waals surface area contributed by atoms with Crippen LogP contribution < -0.4 is 5.73 Å². The number of amidine groups is 1. The molecule has 0 aliphatic heterocycles. The van der Waals surface area contributed by atoms with E-state index in [1.165, 1.54) is 18.4 Å². The molecule has 0 bridgehead atoms. The van der Waals surface area contributed by atoms with Crippen molar-refractivity contribution in [2.75, 3.05) is 0 Å². The first kappa shape index (κ1) is 13.5. The summed E-state index contributed by atoms with van der Waals surface area (Å²) in [6, 6.07) is 6.09. The molecule has 1 aliphatic carbocycles. The topological polar surface area (TPSA) is 71.5 Å². The largest absolute Gasteiger partial charge is 0.409 e. The van der Waals surface area contributed by atoms with Gasteiger partial charge in [0.15, 0.2) is 5.84 Å². The van der Waals surface area contributed by atoms with E-state index in [2.05, 4.69) is 5.16 Å². The molecule has 0 atom stereocenters. The molecule has 0 radical (unpaired) electrons. The molecule has 2 heterocycles. The zero-order chi connectivity index (χ0) is 13.9. The highest BCUT2D eigenvalue weighted by Gasteiger charge is 2.18. The van der Waals surface area contributed by atoms with Crippen LogP contribution in [0.4, 0.5) is 0 Å². The van der Waals surface area contributed by atoms with Crippen molar-refractivity contribution >= 4 is 28.9 Å². The standard InChI is InChI=1S/C14H15N3OS2/c15-13(17-18)10-8-9-4-1-2-5-11(9)16-14(10)20-12-6-3-7-19-12/h3,6-8,18H,1-2,4-5H2,(H2,15,17). The Kier molecular flexibility index (Phi) is 3.93. The second-order valence-corrected chi connectivity index (χ2v) is 6.91. The first-order valence-corrected chi connectivity index (χ1v) is 8.19.